The van der Waals surface area contributed by atoms with Crippen molar-refractivity contribution in [1.82, 2.24) is 9.97 Å². The van der Waals surface area contributed by atoms with E-state index in [2.05, 4.69) is 9.97 Å². The summed E-state index contributed by atoms with van der Waals surface area (Å²) in [4.78, 5) is 18.4. The van der Waals surface area contributed by atoms with Crippen molar-refractivity contribution in [2.24, 2.45) is 0 Å². The number of nitrogens with zero attached hydrogens (tertiary/aromatic N) is 2. The molecule has 11 nitrogen and oxygen atoms in total. The van der Waals surface area contributed by atoms with Crippen molar-refractivity contribution in [1.29, 1.82) is 0 Å². The van der Waals surface area contributed by atoms with E-state index in [1.807, 2.05) is 0 Å². The monoisotopic (exact) mass is 390 g/mol. The average molecular weight is 390 g/mol. The molecular weight excluding hydrogens is 364 g/mol. The molecule has 0 spiro atoms. The van der Waals surface area contributed by atoms with Gasteiger partial charge in [-0.1, -0.05) is 0 Å². The zero-order valence-corrected chi connectivity index (χ0v) is 14.6. The van der Waals surface area contributed by atoms with Crippen LogP contribution in [0.4, 0.5) is 0 Å². The molecule has 154 valence electrons. The molecule has 0 saturated heterocycles. The smallest absolute Gasteiger partial charge is 0.303 e. The lowest BCUT2D eigenvalue weighted by molar-refractivity contribution is -0.314. The lowest BCUT2D eigenvalue weighted by Gasteiger charge is -2.26. The van der Waals surface area contributed by atoms with Gasteiger partial charge in [0.15, 0.2) is 5.79 Å². The summed E-state index contributed by atoms with van der Waals surface area (Å²) in [5.74, 6) is -6.17. The first-order valence-corrected chi connectivity index (χ1v) is 8.40. The average Bonchev–Trinajstić information content (AvgIpc) is 2.52. The molecule has 0 aliphatic heterocycles. The Kier molecular flexibility index (Phi) is 8.62. The van der Waals surface area contributed by atoms with Crippen LogP contribution in [0.1, 0.15) is 56.0 Å². The number of rotatable bonds is 12. The van der Waals surface area contributed by atoms with Crippen molar-refractivity contribution < 1.29 is 45.6 Å². The number of carboxylic acid groups (broad SMARTS) is 1. The highest BCUT2D eigenvalue weighted by Gasteiger charge is 2.31. The Bertz CT molecular complexity index is 587. The molecule has 0 radical (unpaired) electrons. The van der Waals surface area contributed by atoms with Crippen LogP contribution in [-0.4, -0.2) is 74.7 Å². The summed E-state index contributed by atoms with van der Waals surface area (Å²) in [7, 11) is 0. The molecule has 1 aromatic rings. The number of carboxylic acids is 1. The van der Waals surface area contributed by atoms with Crippen LogP contribution < -0.4 is 0 Å². The van der Waals surface area contributed by atoms with Gasteiger partial charge in [0.1, 0.15) is 6.10 Å². The Morgan fingerprint density at radius 3 is 2.19 bits per heavy atom. The first-order valence-electron chi connectivity index (χ1n) is 8.40. The predicted octanol–water partition coefficient (Wildman–Crippen LogP) is -1.85. The van der Waals surface area contributed by atoms with E-state index >= 15 is 0 Å². The van der Waals surface area contributed by atoms with Gasteiger partial charge in [-0.15, -0.1) is 0 Å². The van der Waals surface area contributed by atoms with Gasteiger partial charge in [0.2, 0.25) is 0 Å². The summed E-state index contributed by atoms with van der Waals surface area (Å²) >= 11 is 0. The first kappa shape index (κ1) is 23.3. The molecule has 0 amide bonds. The minimum atomic E-state index is -2.75. The fourth-order valence-corrected chi connectivity index (χ4v) is 2.42. The highest BCUT2D eigenvalue weighted by molar-refractivity contribution is 5.66. The molecule has 0 aliphatic rings. The summed E-state index contributed by atoms with van der Waals surface area (Å²) in [6.45, 7) is 0. The van der Waals surface area contributed by atoms with Crippen LogP contribution in [0.5, 0.6) is 0 Å². The molecule has 0 fully saturated rings. The van der Waals surface area contributed by atoms with Gasteiger partial charge in [0, 0.05) is 31.9 Å². The fourth-order valence-electron chi connectivity index (χ4n) is 2.42. The van der Waals surface area contributed by atoms with E-state index in [0.717, 1.165) is 0 Å². The predicted molar refractivity (Wildman–Crippen MR) is 88.6 cm³/mol. The molecule has 11 heteroatoms. The van der Waals surface area contributed by atoms with Gasteiger partial charge in [-0.3, -0.25) is 14.8 Å². The molecule has 2 unspecified atom stereocenters. The Balaban J connectivity index is 2.54. The lowest BCUT2D eigenvalue weighted by atomic mass is 9.98. The normalized spacial score (nSPS) is 14.8. The van der Waals surface area contributed by atoms with Crippen LogP contribution in [0, 0.1) is 0 Å². The Morgan fingerprint density at radius 1 is 1.00 bits per heavy atom. The maximum atomic E-state index is 10.4. The van der Waals surface area contributed by atoms with E-state index in [9.17, 15) is 25.2 Å². The van der Waals surface area contributed by atoms with Crippen molar-refractivity contribution >= 4 is 5.97 Å². The van der Waals surface area contributed by atoms with E-state index in [1.165, 1.54) is 12.4 Å². The van der Waals surface area contributed by atoms with Crippen LogP contribution in [0.2, 0.25) is 0 Å². The van der Waals surface area contributed by atoms with Gasteiger partial charge in [0.25, 0.3) is 5.97 Å². The van der Waals surface area contributed by atoms with Crippen LogP contribution in [-0.2, 0) is 11.2 Å². The third-order valence-corrected chi connectivity index (χ3v) is 3.84. The largest absolute Gasteiger partial charge is 0.481 e. The van der Waals surface area contributed by atoms with Gasteiger partial charge in [0.05, 0.1) is 23.7 Å². The molecule has 1 rings (SSSR count). The summed E-state index contributed by atoms with van der Waals surface area (Å²) in [6.07, 6.45) is -1.53. The van der Waals surface area contributed by atoms with Crippen LogP contribution in [0.25, 0.3) is 0 Å². The fraction of sp³-hybridized carbons (Fsp3) is 0.688. The second-order valence-electron chi connectivity index (χ2n) is 6.51. The minimum Gasteiger partial charge on any atom is -0.481 e. The first-order chi connectivity index (χ1) is 12.4. The standard InChI is InChI=1S/C16H26N2O9/c19-12(7-15(23,24)5-2-4-13(20)21)14(22)11-9-17-10(8-18-11)3-1-6-16(25,26)27/h8-9,12,14,19,22-27H,1-7H2,(H,20,21). The van der Waals surface area contributed by atoms with E-state index in [4.69, 9.17) is 20.4 Å². The van der Waals surface area contributed by atoms with Crippen molar-refractivity contribution in [3.63, 3.8) is 0 Å². The number of hydrogen-bond acceptors (Lipinski definition) is 10. The zero-order valence-electron chi connectivity index (χ0n) is 14.6. The SMILES string of the molecule is O=C(O)CCCC(O)(O)CC(O)C(O)c1cnc(CCCC(O)(O)O)cn1. The lowest BCUT2D eigenvalue weighted by Crippen LogP contribution is -2.36. The molecule has 0 aromatic carbocycles. The second kappa shape index (κ2) is 9.99. The molecule has 27 heavy (non-hydrogen) atoms. The number of aliphatic hydroxyl groups excluding tert-OH is 2. The van der Waals surface area contributed by atoms with Crippen LogP contribution >= 0.6 is 0 Å². The van der Waals surface area contributed by atoms with Crippen LogP contribution in [0.3, 0.4) is 0 Å². The molecule has 1 aromatic heterocycles. The quantitative estimate of drug-likeness (QED) is 0.186. The molecule has 0 bridgehead atoms. The summed E-state index contributed by atoms with van der Waals surface area (Å²) in [6, 6.07) is 0. The molecule has 8 N–H and O–H groups in total. The molecule has 0 saturated carbocycles. The van der Waals surface area contributed by atoms with Gasteiger partial charge in [-0.05, 0) is 19.3 Å². The van der Waals surface area contributed by atoms with E-state index < -0.39 is 36.4 Å². The third kappa shape index (κ3) is 9.68. The maximum absolute atomic E-state index is 10.4. The second-order valence-corrected chi connectivity index (χ2v) is 6.51. The van der Waals surface area contributed by atoms with E-state index in [-0.39, 0.29) is 44.2 Å². The minimum absolute atomic E-state index is 0.00352. The molecule has 1 heterocycles. The molecule has 0 aliphatic carbocycles. The van der Waals surface area contributed by atoms with Crippen molar-refractivity contribution in [2.45, 2.75) is 68.9 Å². The summed E-state index contributed by atoms with van der Waals surface area (Å²) < 4.78 is 0. The highest BCUT2D eigenvalue weighted by atomic mass is 16.7. The van der Waals surface area contributed by atoms with Gasteiger partial charge < -0.3 is 40.9 Å². The number of aliphatic carboxylic acids is 1. The maximum Gasteiger partial charge on any atom is 0.303 e. The highest BCUT2D eigenvalue weighted by Crippen LogP contribution is 2.24. The van der Waals surface area contributed by atoms with E-state index in [1.54, 1.807) is 0 Å². The van der Waals surface area contributed by atoms with Gasteiger partial charge in [-0.25, -0.2) is 0 Å². The number of hydrogen-bond donors (Lipinski definition) is 8. The number of aliphatic hydroxyl groups is 7. The van der Waals surface area contributed by atoms with Gasteiger partial charge >= 0.3 is 5.97 Å². The summed E-state index contributed by atoms with van der Waals surface area (Å²) in [5, 5.41) is 74.6. The zero-order chi connectivity index (χ0) is 20.7. The van der Waals surface area contributed by atoms with Crippen molar-refractivity contribution in [2.75, 3.05) is 0 Å². The number of carbonyl (C=O) groups is 1. The van der Waals surface area contributed by atoms with Crippen LogP contribution in [0.15, 0.2) is 12.4 Å². The van der Waals surface area contributed by atoms with E-state index in [0.29, 0.717) is 5.69 Å². The Morgan fingerprint density at radius 2 is 1.67 bits per heavy atom. The van der Waals surface area contributed by atoms with Crippen molar-refractivity contribution in [3.8, 4) is 0 Å². The molecular formula is C16H26N2O9. The number of aromatic nitrogens is 2. The Labute approximate surface area is 155 Å². The van der Waals surface area contributed by atoms with Crippen molar-refractivity contribution in [3.05, 3.63) is 23.8 Å². The topological polar surface area (TPSA) is 205 Å². The summed E-state index contributed by atoms with van der Waals surface area (Å²) in [5.41, 5.74) is 0.449. The number of aryl methyl sites for hydroxylation is 1. The van der Waals surface area contributed by atoms with Gasteiger partial charge in [-0.2, -0.15) is 0 Å². The Hall–Kier alpha value is -1.73. The third-order valence-electron chi connectivity index (χ3n) is 3.84. The molecule has 2 atom stereocenters.